The first-order valence-corrected chi connectivity index (χ1v) is 15.4. The Balaban J connectivity index is 1.48. The van der Waals surface area contributed by atoms with Crippen molar-refractivity contribution in [1.29, 1.82) is 0 Å². The molecule has 1 N–H and O–H groups in total. The van der Waals surface area contributed by atoms with Crippen LogP contribution in [0.25, 0.3) is 0 Å². The van der Waals surface area contributed by atoms with Gasteiger partial charge in [0.05, 0.1) is 24.8 Å². The highest BCUT2D eigenvalue weighted by atomic mass is 28.4. The topological polar surface area (TPSA) is 69.6 Å². The molecule has 7 nitrogen and oxygen atoms in total. The van der Waals surface area contributed by atoms with Crippen molar-refractivity contribution in [3.05, 3.63) is 72.8 Å². The summed E-state index contributed by atoms with van der Waals surface area (Å²) in [7, 11) is -1.10. The maximum Gasteiger partial charge on any atom is 0.261 e. The van der Waals surface area contributed by atoms with Gasteiger partial charge in [-0.25, -0.2) is 0 Å². The average molecular weight is 540 g/mol. The lowest BCUT2D eigenvalue weighted by molar-refractivity contribution is -0.237. The van der Waals surface area contributed by atoms with Gasteiger partial charge < -0.3 is 28.6 Å². The molecule has 3 aliphatic rings. The van der Waals surface area contributed by atoms with Crippen LogP contribution in [0.2, 0.25) is 5.04 Å². The molecule has 0 radical (unpaired) electrons. The van der Waals surface area contributed by atoms with E-state index in [2.05, 4.69) is 69.3 Å². The summed E-state index contributed by atoms with van der Waals surface area (Å²) >= 11 is 0. The molecule has 0 saturated carbocycles. The van der Waals surface area contributed by atoms with E-state index >= 15 is 0 Å². The molecular formula is C30H41NO6Si. The number of hydroxylamine groups is 2. The van der Waals surface area contributed by atoms with Gasteiger partial charge in [-0.2, -0.15) is 5.06 Å². The summed E-state index contributed by atoms with van der Waals surface area (Å²) in [5.74, 6) is -0.793. The van der Waals surface area contributed by atoms with Crippen LogP contribution in [0.15, 0.2) is 72.8 Å². The van der Waals surface area contributed by atoms with Crippen molar-refractivity contribution in [1.82, 2.24) is 5.06 Å². The molecule has 1 aliphatic carbocycles. The van der Waals surface area contributed by atoms with Crippen LogP contribution in [-0.2, 0) is 23.4 Å². The Morgan fingerprint density at radius 3 is 2.11 bits per heavy atom. The summed E-state index contributed by atoms with van der Waals surface area (Å²) in [6.45, 7) is 10.8. The van der Waals surface area contributed by atoms with Gasteiger partial charge in [-0.15, -0.1) is 0 Å². The van der Waals surface area contributed by atoms with Crippen molar-refractivity contribution >= 4 is 18.7 Å². The maximum atomic E-state index is 11.5. The summed E-state index contributed by atoms with van der Waals surface area (Å²) < 4.78 is 31.5. The van der Waals surface area contributed by atoms with Gasteiger partial charge in [0.1, 0.15) is 12.2 Å². The van der Waals surface area contributed by atoms with E-state index in [9.17, 15) is 5.21 Å². The van der Waals surface area contributed by atoms with Crippen LogP contribution in [0.5, 0.6) is 0 Å². The number of hydrogen-bond donors (Lipinski definition) is 1. The van der Waals surface area contributed by atoms with Crippen LogP contribution in [-0.4, -0.2) is 74.8 Å². The number of ether oxygens (including phenoxy) is 4. The van der Waals surface area contributed by atoms with Crippen molar-refractivity contribution < 1.29 is 28.6 Å². The fourth-order valence-electron chi connectivity index (χ4n) is 6.22. The SMILES string of the molecule is CO[C@@H]1C=C[C@H](N(O)[C@H]2[C@H]3OC(C)(C)O[C@H]3O[C@@H]2CO[Si](c2ccccc2)(c2ccccc2)C(C)(C)C)C1. The Kier molecular flexibility index (Phi) is 7.72. The molecule has 2 aliphatic heterocycles. The molecule has 6 atom stereocenters. The van der Waals surface area contributed by atoms with Gasteiger partial charge in [-0.05, 0) is 35.7 Å². The number of nitrogens with zero attached hydrogens (tertiary/aromatic N) is 1. The average Bonchev–Trinajstić information content (AvgIpc) is 3.57. The van der Waals surface area contributed by atoms with Crippen LogP contribution in [0.3, 0.4) is 0 Å². The molecule has 0 spiro atoms. The normalized spacial score (nSPS) is 30.7. The third-order valence-electron chi connectivity index (χ3n) is 7.97. The first-order valence-electron chi connectivity index (χ1n) is 13.5. The summed E-state index contributed by atoms with van der Waals surface area (Å²) in [6, 6.07) is 20.4. The van der Waals surface area contributed by atoms with Gasteiger partial charge in [0.2, 0.25) is 0 Å². The number of fused-ring (bicyclic) bond motifs is 1. The predicted octanol–water partition coefficient (Wildman–Crippen LogP) is 3.84. The minimum Gasteiger partial charge on any atom is -0.405 e. The van der Waals surface area contributed by atoms with Gasteiger partial charge in [-0.3, -0.25) is 0 Å². The minimum absolute atomic E-state index is 0.0308. The Morgan fingerprint density at radius 2 is 1.58 bits per heavy atom. The van der Waals surface area contributed by atoms with Crippen LogP contribution in [0.4, 0.5) is 0 Å². The first-order chi connectivity index (χ1) is 18.1. The Labute approximate surface area is 227 Å². The fraction of sp³-hybridized carbons (Fsp3) is 0.533. The molecule has 206 valence electrons. The number of benzene rings is 2. The number of methoxy groups -OCH3 is 1. The first kappa shape index (κ1) is 27.7. The second-order valence-electron chi connectivity index (χ2n) is 12.0. The Morgan fingerprint density at radius 1 is 0.974 bits per heavy atom. The molecule has 0 amide bonds. The fourth-order valence-corrected chi connectivity index (χ4v) is 10.8. The molecular weight excluding hydrogens is 498 g/mol. The zero-order valence-corrected chi connectivity index (χ0v) is 24.2. The van der Waals surface area contributed by atoms with E-state index in [1.165, 1.54) is 15.4 Å². The molecule has 0 aromatic heterocycles. The lowest BCUT2D eigenvalue weighted by atomic mass is 10.1. The monoisotopic (exact) mass is 539 g/mol. The van der Waals surface area contributed by atoms with Gasteiger partial charge in [-0.1, -0.05) is 93.6 Å². The van der Waals surface area contributed by atoms with E-state index < -0.39 is 38.6 Å². The Hall–Kier alpha value is -1.88. The third-order valence-corrected chi connectivity index (χ3v) is 13.0. The highest BCUT2D eigenvalue weighted by molar-refractivity contribution is 6.99. The summed E-state index contributed by atoms with van der Waals surface area (Å²) in [5.41, 5.74) is 0. The van der Waals surface area contributed by atoms with Gasteiger partial charge in [0, 0.05) is 7.11 Å². The highest BCUT2D eigenvalue weighted by Crippen LogP contribution is 2.42. The maximum absolute atomic E-state index is 11.5. The lowest BCUT2D eigenvalue weighted by Crippen LogP contribution is -2.67. The molecule has 2 heterocycles. The molecule has 0 unspecified atom stereocenters. The third kappa shape index (κ3) is 5.05. The summed E-state index contributed by atoms with van der Waals surface area (Å²) in [5, 5.41) is 15.1. The van der Waals surface area contributed by atoms with Crippen molar-refractivity contribution in [3.8, 4) is 0 Å². The molecule has 5 rings (SSSR count). The van der Waals surface area contributed by atoms with Gasteiger partial charge >= 0.3 is 0 Å². The van der Waals surface area contributed by atoms with Crippen molar-refractivity contribution in [2.24, 2.45) is 0 Å². The quantitative estimate of drug-likeness (QED) is 0.311. The Bertz CT molecular complexity index is 1070. The lowest BCUT2D eigenvalue weighted by Gasteiger charge is -2.44. The number of hydrogen-bond acceptors (Lipinski definition) is 7. The highest BCUT2D eigenvalue weighted by Gasteiger charge is 2.59. The van der Waals surface area contributed by atoms with Crippen molar-refractivity contribution in [2.75, 3.05) is 13.7 Å². The molecule has 2 aromatic rings. The number of rotatable bonds is 8. The van der Waals surface area contributed by atoms with Crippen LogP contribution < -0.4 is 10.4 Å². The standard InChI is InChI=1S/C30H41NO6Si/c1-29(2,3)38(23-13-9-7-10-14-23,24-15-11-8-12-16-24)34-20-25-26(27-28(35-25)37-30(4,5)36-27)31(32)21-17-18-22(19-21)33-6/h7-18,21-22,25-28,32H,19-20H2,1-6H3/t21-,22+,25+,26+,27+,28+/m0/s1. The van der Waals surface area contributed by atoms with Crippen molar-refractivity contribution in [3.63, 3.8) is 0 Å². The van der Waals surface area contributed by atoms with Crippen LogP contribution in [0.1, 0.15) is 41.0 Å². The molecule has 2 saturated heterocycles. The van der Waals surface area contributed by atoms with Crippen LogP contribution >= 0.6 is 0 Å². The van der Waals surface area contributed by atoms with Crippen LogP contribution in [0, 0.1) is 0 Å². The molecule has 38 heavy (non-hydrogen) atoms. The smallest absolute Gasteiger partial charge is 0.261 e. The van der Waals surface area contributed by atoms with E-state index in [-0.39, 0.29) is 17.2 Å². The van der Waals surface area contributed by atoms with Gasteiger partial charge in [0.15, 0.2) is 12.1 Å². The second kappa shape index (κ2) is 10.6. The van der Waals surface area contributed by atoms with E-state index in [0.717, 1.165) is 0 Å². The summed E-state index contributed by atoms with van der Waals surface area (Å²) in [6.07, 6.45) is 3.12. The predicted molar refractivity (Wildman–Crippen MR) is 148 cm³/mol. The zero-order chi connectivity index (χ0) is 27.1. The molecule has 2 fully saturated rings. The summed E-state index contributed by atoms with van der Waals surface area (Å²) in [4.78, 5) is 0. The van der Waals surface area contributed by atoms with Gasteiger partial charge in [0.25, 0.3) is 8.32 Å². The van der Waals surface area contributed by atoms with Crippen molar-refractivity contribution in [2.45, 2.75) is 88.6 Å². The van der Waals surface area contributed by atoms with E-state index in [0.29, 0.717) is 13.0 Å². The largest absolute Gasteiger partial charge is 0.405 e. The van der Waals surface area contributed by atoms with E-state index in [1.807, 2.05) is 38.1 Å². The zero-order valence-electron chi connectivity index (χ0n) is 23.2. The van der Waals surface area contributed by atoms with E-state index in [1.54, 1.807) is 7.11 Å². The molecule has 0 bridgehead atoms. The molecule has 8 heteroatoms. The second-order valence-corrected chi connectivity index (χ2v) is 16.3. The minimum atomic E-state index is -2.79. The van der Waals surface area contributed by atoms with E-state index in [4.69, 9.17) is 23.4 Å². The molecule has 2 aromatic carbocycles.